The monoisotopic (exact) mass is 362 g/mol. The number of amides is 2. The molecule has 0 bridgehead atoms. The van der Waals surface area contributed by atoms with Crippen molar-refractivity contribution in [3.8, 4) is 0 Å². The van der Waals surface area contributed by atoms with Gasteiger partial charge in [-0.05, 0) is 38.4 Å². The molecule has 1 aliphatic heterocycles. The largest absolute Gasteiger partial charge is 0.333 e. The number of aromatic nitrogens is 3. The van der Waals surface area contributed by atoms with Gasteiger partial charge in [-0.2, -0.15) is 0 Å². The minimum atomic E-state index is 0.00813. The van der Waals surface area contributed by atoms with Crippen molar-refractivity contribution in [2.24, 2.45) is 7.05 Å². The Labute approximate surface area is 152 Å². The van der Waals surface area contributed by atoms with Crippen molar-refractivity contribution in [3.05, 3.63) is 34.0 Å². The van der Waals surface area contributed by atoms with E-state index in [2.05, 4.69) is 25.0 Å². The molecule has 136 valence electrons. The standard InChI is InChI=1S/C17H26N6OS/c1-21(2)12-15-19-20-16(22(15)3)13-6-4-8-23(11-13)17(24)18-10-14-7-5-9-25-14/h5,7,9,13H,4,6,8,10-12H2,1-3H3,(H,18,24)/t13-/m1/s1. The number of likely N-dealkylation sites (tertiary alicyclic amines) is 1. The zero-order valence-corrected chi connectivity index (χ0v) is 15.9. The molecule has 7 nitrogen and oxygen atoms in total. The highest BCUT2D eigenvalue weighted by Crippen LogP contribution is 2.26. The van der Waals surface area contributed by atoms with Crippen molar-refractivity contribution >= 4 is 17.4 Å². The van der Waals surface area contributed by atoms with Gasteiger partial charge in [0.25, 0.3) is 0 Å². The van der Waals surface area contributed by atoms with Gasteiger partial charge >= 0.3 is 6.03 Å². The van der Waals surface area contributed by atoms with Crippen LogP contribution >= 0.6 is 11.3 Å². The van der Waals surface area contributed by atoms with Crippen molar-refractivity contribution < 1.29 is 4.79 Å². The minimum absolute atomic E-state index is 0.00813. The van der Waals surface area contributed by atoms with Gasteiger partial charge in [-0.25, -0.2) is 4.79 Å². The van der Waals surface area contributed by atoms with Crippen LogP contribution in [-0.4, -0.2) is 57.8 Å². The van der Waals surface area contributed by atoms with E-state index in [1.807, 2.05) is 43.6 Å². The quantitative estimate of drug-likeness (QED) is 0.884. The molecular formula is C17H26N6OS. The molecule has 0 unspecified atom stereocenters. The Kier molecular flexibility index (Phi) is 5.70. The zero-order valence-electron chi connectivity index (χ0n) is 15.1. The third-order valence-electron chi connectivity index (χ3n) is 4.52. The van der Waals surface area contributed by atoms with E-state index in [1.165, 1.54) is 4.88 Å². The van der Waals surface area contributed by atoms with Crippen LogP contribution in [0.5, 0.6) is 0 Å². The molecule has 1 saturated heterocycles. The Balaban J connectivity index is 1.61. The summed E-state index contributed by atoms with van der Waals surface area (Å²) in [5.41, 5.74) is 0. The van der Waals surface area contributed by atoms with Gasteiger partial charge in [-0.1, -0.05) is 6.07 Å². The van der Waals surface area contributed by atoms with Crippen LogP contribution in [0.2, 0.25) is 0 Å². The summed E-state index contributed by atoms with van der Waals surface area (Å²) in [6.07, 6.45) is 2.04. The summed E-state index contributed by atoms with van der Waals surface area (Å²) in [6, 6.07) is 4.05. The number of urea groups is 1. The highest BCUT2D eigenvalue weighted by Gasteiger charge is 2.28. The maximum atomic E-state index is 12.5. The van der Waals surface area contributed by atoms with Gasteiger partial charge in [0.15, 0.2) is 0 Å². The molecule has 3 rings (SSSR count). The van der Waals surface area contributed by atoms with E-state index >= 15 is 0 Å². The molecule has 0 saturated carbocycles. The van der Waals surface area contributed by atoms with Crippen LogP contribution in [-0.2, 0) is 20.1 Å². The number of carbonyl (C=O) groups excluding carboxylic acids is 1. The predicted octanol–water partition coefficient (Wildman–Crippen LogP) is 2.03. The highest BCUT2D eigenvalue weighted by atomic mass is 32.1. The lowest BCUT2D eigenvalue weighted by Crippen LogP contribution is -2.45. The number of thiophene rings is 1. The third-order valence-corrected chi connectivity index (χ3v) is 5.40. The van der Waals surface area contributed by atoms with Crippen molar-refractivity contribution in [3.63, 3.8) is 0 Å². The average molecular weight is 363 g/mol. The Bertz CT molecular complexity index is 696. The first kappa shape index (κ1) is 17.9. The maximum absolute atomic E-state index is 12.5. The number of nitrogens with one attached hydrogen (secondary N) is 1. The first-order valence-electron chi connectivity index (χ1n) is 8.62. The van der Waals surface area contributed by atoms with Crippen LogP contribution in [0.25, 0.3) is 0 Å². The van der Waals surface area contributed by atoms with Crippen molar-refractivity contribution in [1.82, 2.24) is 29.9 Å². The molecule has 1 atom stereocenters. The van der Waals surface area contributed by atoms with E-state index in [9.17, 15) is 4.79 Å². The predicted molar refractivity (Wildman–Crippen MR) is 98.5 cm³/mol. The molecule has 1 N–H and O–H groups in total. The van der Waals surface area contributed by atoms with Crippen LogP contribution in [0.1, 0.15) is 35.3 Å². The average Bonchev–Trinajstić information content (AvgIpc) is 3.23. The topological polar surface area (TPSA) is 66.3 Å². The first-order chi connectivity index (χ1) is 12.0. The van der Waals surface area contributed by atoms with E-state index in [4.69, 9.17) is 0 Å². The van der Waals surface area contributed by atoms with Crippen molar-refractivity contribution in [1.29, 1.82) is 0 Å². The fourth-order valence-electron chi connectivity index (χ4n) is 3.21. The second kappa shape index (κ2) is 7.97. The Morgan fingerprint density at radius 3 is 3.00 bits per heavy atom. The summed E-state index contributed by atoms with van der Waals surface area (Å²) in [5, 5.41) is 13.8. The van der Waals surface area contributed by atoms with E-state index in [1.54, 1.807) is 11.3 Å². The second-order valence-electron chi connectivity index (χ2n) is 6.79. The maximum Gasteiger partial charge on any atom is 0.317 e. The summed E-state index contributed by atoms with van der Waals surface area (Å²) in [4.78, 5) is 17.6. The number of rotatable bonds is 5. The van der Waals surface area contributed by atoms with Gasteiger partial charge in [-0.3, -0.25) is 0 Å². The van der Waals surface area contributed by atoms with Gasteiger partial charge in [0.2, 0.25) is 0 Å². The second-order valence-corrected chi connectivity index (χ2v) is 7.83. The summed E-state index contributed by atoms with van der Waals surface area (Å²) < 4.78 is 2.08. The SMILES string of the molecule is CN(C)Cc1nnc([C@@H]2CCCN(C(=O)NCc3cccs3)C2)n1C. The number of piperidine rings is 1. The third kappa shape index (κ3) is 4.38. The molecule has 1 aliphatic rings. The fraction of sp³-hybridized carbons (Fsp3) is 0.588. The van der Waals surface area contributed by atoms with E-state index < -0.39 is 0 Å². The van der Waals surface area contributed by atoms with Crippen LogP contribution in [0.15, 0.2) is 17.5 Å². The molecule has 2 amide bonds. The fourth-order valence-corrected chi connectivity index (χ4v) is 3.86. The number of carbonyl (C=O) groups is 1. The van der Waals surface area contributed by atoms with Crippen LogP contribution < -0.4 is 5.32 Å². The molecule has 2 aromatic rings. The molecular weight excluding hydrogens is 336 g/mol. The first-order valence-corrected chi connectivity index (χ1v) is 9.50. The molecule has 8 heteroatoms. The lowest BCUT2D eigenvalue weighted by Gasteiger charge is -2.32. The number of nitrogens with zero attached hydrogens (tertiary/aromatic N) is 5. The lowest BCUT2D eigenvalue weighted by molar-refractivity contribution is 0.177. The Hall–Kier alpha value is -1.93. The molecule has 0 spiro atoms. The van der Waals surface area contributed by atoms with E-state index in [0.717, 1.165) is 37.6 Å². The summed E-state index contributed by atoms with van der Waals surface area (Å²) in [6.45, 7) is 2.86. The minimum Gasteiger partial charge on any atom is -0.333 e. The molecule has 2 aromatic heterocycles. The summed E-state index contributed by atoms with van der Waals surface area (Å²) in [7, 11) is 6.06. The van der Waals surface area contributed by atoms with Gasteiger partial charge < -0.3 is 19.7 Å². The molecule has 0 aliphatic carbocycles. The molecule has 0 radical (unpaired) electrons. The number of hydrogen-bond acceptors (Lipinski definition) is 5. The van der Waals surface area contributed by atoms with Crippen LogP contribution in [0.3, 0.4) is 0 Å². The van der Waals surface area contributed by atoms with Crippen molar-refractivity contribution in [2.75, 3.05) is 27.2 Å². The van der Waals surface area contributed by atoms with Crippen molar-refractivity contribution in [2.45, 2.75) is 31.8 Å². The smallest absolute Gasteiger partial charge is 0.317 e. The van der Waals surface area contributed by atoms with Crippen LogP contribution in [0, 0.1) is 0 Å². The Morgan fingerprint density at radius 1 is 1.44 bits per heavy atom. The zero-order chi connectivity index (χ0) is 17.8. The highest BCUT2D eigenvalue weighted by molar-refractivity contribution is 7.09. The lowest BCUT2D eigenvalue weighted by atomic mass is 9.97. The Morgan fingerprint density at radius 2 is 2.28 bits per heavy atom. The number of hydrogen-bond donors (Lipinski definition) is 1. The van der Waals surface area contributed by atoms with E-state index in [0.29, 0.717) is 13.1 Å². The van der Waals surface area contributed by atoms with Gasteiger partial charge in [0.05, 0.1) is 13.1 Å². The molecule has 3 heterocycles. The summed E-state index contributed by atoms with van der Waals surface area (Å²) in [5.74, 6) is 2.18. The molecule has 25 heavy (non-hydrogen) atoms. The van der Waals surface area contributed by atoms with E-state index in [-0.39, 0.29) is 11.9 Å². The molecule has 1 fully saturated rings. The van der Waals surface area contributed by atoms with Gasteiger partial charge in [0, 0.05) is 30.9 Å². The van der Waals surface area contributed by atoms with Gasteiger partial charge in [-0.15, -0.1) is 21.5 Å². The summed E-state index contributed by atoms with van der Waals surface area (Å²) >= 11 is 1.66. The normalized spacial score (nSPS) is 17.9. The molecule has 0 aromatic carbocycles. The van der Waals surface area contributed by atoms with Gasteiger partial charge in [0.1, 0.15) is 11.6 Å². The van der Waals surface area contributed by atoms with Crippen LogP contribution in [0.4, 0.5) is 4.79 Å².